The molecule has 1 N–H and O–H groups in total. The average Bonchev–Trinajstić information content (AvgIpc) is 2.54. The van der Waals surface area contributed by atoms with E-state index in [1.165, 1.54) is 5.69 Å². The highest BCUT2D eigenvalue weighted by molar-refractivity contribution is 7.98. The molecule has 0 unspecified atom stereocenters. The summed E-state index contributed by atoms with van der Waals surface area (Å²) in [5.74, 6) is 2.01. The molecule has 0 radical (unpaired) electrons. The molecule has 1 aromatic heterocycles. The van der Waals surface area contributed by atoms with E-state index in [-0.39, 0.29) is 0 Å². The van der Waals surface area contributed by atoms with Crippen LogP contribution in [0.1, 0.15) is 24.7 Å². The summed E-state index contributed by atoms with van der Waals surface area (Å²) in [5, 5.41) is 13.0. The third-order valence-corrected chi connectivity index (χ3v) is 3.16. The van der Waals surface area contributed by atoms with Crippen LogP contribution in [0.4, 0.5) is 0 Å². The van der Waals surface area contributed by atoms with Crippen LogP contribution < -0.4 is 0 Å². The van der Waals surface area contributed by atoms with Gasteiger partial charge >= 0.3 is 0 Å². The molecule has 80 valence electrons. The Morgan fingerprint density at radius 1 is 1.57 bits per heavy atom. The number of thioether (sulfide) groups is 1. The van der Waals surface area contributed by atoms with Crippen molar-refractivity contribution >= 4 is 11.8 Å². The molecular weight excluding hydrogens is 196 g/mol. The van der Waals surface area contributed by atoms with E-state index < -0.39 is 0 Å². The Morgan fingerprint density at radius 3 is 2.93 bits per heavy atom. The Kier molecular flexibility index (Phi) is 5.04. The van der Waals surface area contributed by atoms with Gasteiger partial charge in [-0.3, -0.25) is 4.68 Å². The summed E-state index contributed by atoms with van der Waals surface area (Å²) in [4.78, 5) is 0. The lowest BCUT2D eigenvalue weighted by Crippen LogP contribution is -1.97. The maximum absolute atomic E-state index is 8.63. The smallest absolute Gasteiger partial charge is 0.0624 e. The molecule has 1 rings (SSSR count). The van der Waals surface area contributed by atoms with E-state index in [1.54, 1.807) is 0 Å². The Bertz CT molecular complexity index is 273. The van der Waals surface area contributed by atoms with Crippen molar-refractivity contribution in [1.82, 2.24) is 9.78 Å². The molecule has 0 atom stereocenters. The van der Waals surface area contributed by atoms with Gasteiger partial charge in [-0.05, 0) is 24.7 Å². The highest BCUT2D eigenvalue weighted by atomic mass is 32.2. The molecule has 4 heteroatoms. The van der Waals surface area contributed by atoms with Gasteiger partial charge in [0.1, 0.15) is 0 Å². The fourth-order valence-electron chi connectivity index (χ4n) is 1.22. The van der Waals surface area contributed by atoms with Gasteiger partial charge in [-0.15, -0.1) is 0 Å². The second kappa shape index (κ2) is 6.09. The number of rotatable bonds is 6. The molecule has 3 nitrogen and oxygen atoms in total. The molecular formula is C10H18N2OS. The van der Waals surface area contributed by atoms with Crippen molar-refractivity contribution in [3.63, 3.8) is 0 Å². The van der Waals surface area contributed by atoms with Gasteiger partial charge in [0.25, 0.3) is 0 Å². The van der Waals surface area contributed by atoms with E-state index in [1.807, 2.05) is 23.5 Å². The van der Waals surface area contributed by atoms with Gasteiger partial charge < -0.3 is 5.11 Å². The molecule has 1 heterocycles. The van der Waals surface area contributed by atoms with Gasteiger partial charge in [-0.25, -0.2) is 0 Å². The third kappa shape index (κ3) is 3.35. The van der Waals surface area contributed by atoms with Crippen molar-refractivity contribution in [3.05, 3.63) is 17.5 Å². The Morgan fingerprint density at radius 2 is 2.36 bits per heavy atom. The van der Waals surface area contributed by atoms with E-state index in [0.29, 0.717) is 6.61 Å². The molecule has 0 aromatic carbocycles. The molecule has 14 heavy (non-hydrogen) atoms. The minimum absolute atomic E-state index is 0.290. The first kappa shape index (κ1) is 11.6. The maximum atomic E-state index is 8.63. The van der Waals surface area contributed by atoms with Gasteiger partial charge in [0.15, 0.2) is 0 Å². The highest BCUT2D eigenvalue weighted by Gasteiger charge is 2.02. The summed E-state index contributed by atoms with van der Waals surface area (Å²) >= 11 is 1.85. The number of nitrogens with zero attached hydrogens (tertiary/aromatic N) is 2. The minimum atomic E-state index is 0.290. The first-order valence-electron chi connectivity index (χ1n) is 4.98. The largest absolute Gasteiger partial charge is 0.396 e. The molecule has 0 spiro atoms. The monoisotopic (exact) mass is 214 g/mol. The Hall–Kier alpha value is -0.480. The van der Waals surface area contributed by atoms with Crippen LogP contribution in [-0.4, -0.2) is 27.2 Å². The normalized spacial score (nSPS) is 10.8. The molecule has 0 fully saturated rings. The van der Waals surface area contributed by atoms with Gasteiger partial charge in [0.05, 0.1) is 5.69 Å². The second-order valence-electron chi connectivity index (χ2n) is 3.23. The topological polar surface area (TPSA) is 38.0 Å². The zero-order valence-corrected chi connectivity index (χ0v) is 9.68. The van der Waals surface area contributed by atoms with Crippen LogP contribution in [-0.2, 0) is 19.2 Å². The minimum Gasteiger partial charge on any atom is -0.396 e. The fraction of sp³-hybridized carbons (Fsp3) is 0.700. The highest BCUT2D eigenvalue weighted by Crippen LogP contribution is 2.13. The van der Waals surface area contributed by atoms with Gasteiger partial charge in [0.2, 0.25) is 0 Å². The third-order valence-electron chi connectivity index (χ3n) is 2.09. The van der Waals surface area contributed by atoms with Gasteiger partial charge in [0, 0.05) is 25.1 Å². The number of aryl methyl sites for hydroxylation is 2. The molecule has 1 aromatic rings. The molecule has 0 bridgehead atoms. The Labute approximate surface area is 89.5 Å². The predicted octanol–water partition coefficient (Wildman–Crippen LogP) is 1.60. The first-order chi connectivity index (χ1) is 6.77. The SMILES string of the molecule is CCc1cc(CSCCCO)n(C)n1. The summed E-state index contributed by atoms with van der Waals surface area (Å²) in [5.41, 5.74) is 2.43. The molecule has 0 aliphatic rings. The number of hydrogen-bond donors (Lipinski definition) is 1. The molecule has 0 saturated heterocycles. The molecule has 0 aliphatic carbocycles. The van der Waals surface area contributed by atoms with Crippen molar-refractivity contribution in [2.24, 2.45) is 7.05 Å². The zero-order chi connectivity index (χ0) is 10.4. The number of hydrogen-bond acceptors (Lipinski definition) is 3. The lowest BCUT2D eigenvalue weighted by atomic mass is 10.3. The van der Waals surface area contributed by atoms with E-state index in [4.69, 9.17) is 5.11 Å². The number of aliphatic hydroxyl groups is 1. The van der Waals surface area contributed by atoms with Crippen LogP contribution in [0.3, 0.4) is 0 Å². The van der Waals surface area contributed by atoms with Crippen LogP contribution in [0, 0.1) is 0 Å². The van der Waals surface area contributed by atoms with Crippen molar-refractivity contribution in [2.75, 3.05) is 12.4 Å². The average molecular weight is 214 g/mol. The van der Waals surface area contributed by atoms with E-state index in [0.717, 1.165) is 30.0 Å². The molecule has 0 saturated carbocycles. The van der Waals surface area contributed by atoms with E-state index in [9.17, 15) is 0 Å². The quantitative estimate of drug-likeness (QED) is 0.731. The lowest BCUT2D eigenvalue weighted by molar-refractivity contribution is 0.296. The fourth-order valence-corrected chi connectivity index (χ4v) is 2.18. The van der Waals surface area contributed by atoms with Crippen LogP contribution in [0.5, 0.6) is 0 Å². The van der Waals surface area contributed by atoms with Crippen LogP contribution in [0.25, 0.3) is 0 Å². The first-order valence-corrected chi connectivity index (χ1v) is 6.13. The summed E-state index contributed by atoms with van der Waals surface area (Å²) in [6.45, 7) is 2.41. The van der Waals surface area contributed by atoms with Gasteiger partial charge in [-0.2, -0.15) is 16.9 Å². The van der Waals surface area contributed by atoms with Crippen molar-refractivity contribution in [2.45, 2.75) is 25.5 Å². The Balaban J connectivity index is 2.38. The van der Waals surface area contributed by atoms with E-state index in [2.05, 4.69) is 18.1 Å². The standard InChI is InChI=1S/C10H18N2OS/c1-3-9-7-10(12(2)11-9)8-14-6-4-5-13/h7,13H,3-6,8H2,1-2H3. The predicted molar refractivity (Wildman–Crippen MR) is 60.5 cm³/mol. The van der Waals surface area contributed by atoms with Gasteiger partial charge in [-0.1, -0.05) is 6.92 Å². The molecule has 0 aliphatic heterocycles. The van der Waals surface area contributed by atoms with Crippen molar-refractivity contribution < 1.29 is 5.11 Å². The van der Waals surface area contributed by atoms with Crippen LogP contribution >= 0.6 is 11.8 Å². The maximum Gasteiger partial charge on any atom is 0.0624 e. The zero-order valence-electron chi connectivity index (χ0n) is 8.86. The van der Waals surface area contributed by atoms with Crippen LogP contribution in [0.15, 0.2) is 6.07 Å². The van der Waals surface area contributed by atoms with Crippen LogP contribution in [0.2, 0.25) is 0 Å². The molecule has 0 amide bonds. The second-order valence-corrected chi connectivity index (χ2v) is 4.34. The summed E-state index contributed by atoms with van der Waals surface area (Å²) < 4.78 is 1.95. The van der Waals surface area contributed by atoms with E-state index >= 15 is 0 Å². The van der Waals surface area contributed by atoms with Crippen molar-refractivity contribution in [1.29, 1.82) is 0 Å². The summed E-state index contributed by atoms with van der Waals surface area (Å²) in [7, 11) is 1.99. The number of aliphatic hydroxyl groups excluding tert-OH is 1. The lowest BCUT2D eigenvalue weighted by Gasteiger charge is -2.00. The number of aromatic nitrogens is 2. The van der Waals surface area contributed by atoms with Crippen molar-refractivity contribution in [3.8, 4) is 0 Å². The summed E-state index contributed by atoms with van der Waals surface area (Å²) in [6.07, 6.45) is 1.87. The summed E-state index contributed by atoms with van der Waals surface area (Å²) in [6, 6.07) is 2.16.